The van der Waals surface area contributed by atoms with Crippen molar-refractivity contribution in [2.45, 2.75) is 37.9 Å². The highest BCUT2D eigenvalue weighted by Gasteiger charge is 2.30. The molecule has 0 aliphatic rings. The van der Waals surface area contributed by atoms with Crippen molar-refractivity contribution in [2.24, 2.45) is 0 Å². The summed E-state index contributed by atoms with van der Waals surface area (Å²) in [5.41, 5.74) is 0. The van der Waals surface area contributed by atoms with E-state index in [9.17, 15) is 14.3 Å². The zero-order valence-corrected chi connectivity index (χ0v) is 14.8. The summed E-state index contributed by atoms with van der Waals surface area (Å²) in [5.74, 6) is -0.886. The summed E-state index contributed by atoms with van der Waals surface area (Å²) in [6.07, 6.45) is -0.410. The van der Waals surface area contributed by atoms with Crippen LogP contribution in [-0.4, -0.2) is 83.8 Å². The minimum absolute atomic E-state index is 0.0348. The topological polar surface area (TPSA) is 134 Å². The minimum atomic E-state index is -4.37. The van der Waals surface area contributed by atoms with Crippen molar-refractivity contribution in [3.8, 4) is 0 Å². The fraction of sp³-hybridized carbons (Fsp3) is 0.923. The zero-order chi connectivity index (χ0) is 18.1. The van der Waals surface area contributed by atoms with E-state index in [4.69, 9.17) is 19.8 Å². The van der Waals surface area contributed by atoms with E-state index in [1.807, 2.05) is 21.1 Å². The molecule has 10 heteroatoms. The number of carboxylic acid groups (broad SMARTS) is 1. The van der Waals surface area contributed by atoms with Gasteiger partial charge in [0, 0.05) is 6.42 Å². The molecule has 0 aromatic rings. The number of hydrogen-bond acceptors (Lipinski definition) is 6. The van der Waals surface area contributed by atoms with Crippen LogP contribution in [0.25, 0.3) is 0 Å². The lowest BCUT2D eigenvalue weighted by molar-refractivity contribution is -0.873. The molecular weight excluding hydrogens is 329 g/mol. The molecule has 0 saturated carbocycles. The molecule has 2 unspecified atom stereocenters. The summed E-state index contributed by atoms with van der Waals surface area (Å²) in [7, 11) is 1.32. The Balaban J connectivity index is 4.53. The summed E-state index contributed by atoms with van der Waals surface area (Å²) < 4.78 is 22.2. The fourth-order valence-corrected chi connectivity index (χ4v) is 2.86. The highest BCUT2D eigenvalue weighted by Crippen LogP contribution is 2.45. The molecule has 0 rings (SSSR count). The van der Waals surface area contributed by atoms with Crippen molar-refractivity contribution in [2.75, 3.05) is 40.9 Å². The largest absolute Gasteiger partial charge is 0.481 e. The number of phosphoric acid groups is 1. The SMILES string of the molecule is C[N+](C)(C)CC(CCCCC(=O)O)OP(=O)(O)OC[C@H](O)CO. The van der Waals surface area contributed by atoms with Crippen LogP contribution in [0.2, 0.25) is 0 Å². The first-order chi connectivity index (χ1) is 10.4. The van der Waals surface area contributed by atoms with Gasteiger partial charge in [0.05, 0.1) is 34.4 Å². The van der Waals surface area contributed by atoms with Crippen molar-refractivity contribution in [1.82, 2.24) is 0 Å². The number of carboxylic acids is 1. The van der Waals surface area contributed by atoms with Gasteiger partial charge in [-0.1, -0.05) is 6.42 Å². The van der Waals surface area contributed by atoms with Gasteiger partial charge in [-0.3, -0.25) is 13.8 Å². The Hall–Kier alpha value is -0.540. The average Bonchev–Trinajstić information content (AvgIpc) is 2.38. The van der Waals surface area contributed by atoms with Gasteiger partial charge in [-0.15, -0.1) is 0 Å². The number of rotatable bonds is 13. The normalized spacial score (nSPS) is 17.5. The molecule has 23 heavy (non-hydrogen) atoms. The summed E-state index contributed by atoms with van der Waals surface area (Å²) in [5, 5.41) is 26.4. The van der Waals surface area contributed by atoms with Crippen LogP contribution in [-0.2, 0) is 18.4 Å². The number of quaternary nitrogens is 1. The van der Waals surface area contributed by atoms with Crippen molar-refractivity contribution >= 4 is 13.8 Å². The number of phosphoric ester groups is 1. The van der Waals surface area contributed by atoms with Crippen molar-refractivity contribution in [3.05, 3.63) is 0 Å². The second-order valence-corrected chi connectivity index (χ2v) is 7.85. The maximum Gasteiger partial charge on any atom is 0.472 e. The smallest absolute Gasteiger partial charge is 0.472 e. The van der Waals surface area contributed by atoms with E-state index in [2.05, 4.69) is 4.52 Å². The van der Waals surface area contributed by atoms with Gasteiger partial charge in [-0.25, -0.2) is 4.57 Å². The fourth-order valence-electron chi connectivity index (χ4n) is 1.89. The number of aliphatic hydroxyl groups is 2. The Bertz CT molecular complexity index is 398. The quantitative estimate of drug-likeness (QED) is 0.208. The van der Waals surface area contributed by atoms with Crippen LogP contribution in [0.15, 0.2) is 0 Å². The second-order valence-electron chi connectivity index (χ2n) is 6.44. The number of carbonyl (C=O) groups is 1. The molecule has 0 saturated heterocycles. The Morgan fingerprint density at radius 3 is 2.35 bits per heavy atom. The molecule has 0 bridgehead atoms. The van der Waals surface area contributed by atoms with E-state index >= 15 is 0 Å². The molecule has 0 aliphatic heterocycles. The third-order valence-corrected chi connectivity index (χ3v) is 3.88. The van der Waals surface area contributed by atoms with Crippen LogP contribution >= 0.6 is 7.82 Å². The summed E-state index contributed by atoms with van der Waals surface area (Å²) >= 11 is 0. The Morgan fingerprint density at radius 1 is 1.26 bits per heavy atom. The number of aliphatic hydroxyl groups excluding tert-OH is 2. The van der Waals surface area contributed by atoms with Gasteiger partial charge in [0.2, 0.25) is 0 Å². The first kappa shape index (κ1) is 22.5. The van der Waals surface area contributed by atoms with E-state index in [0.717, 1.165) is 0 Å². The maximum absolute atomic E-state index is 11.9. The molecule has 0 fully saturated rings. The molecule has 0 spiro atoms. The van der Waals surface area contributed by atoms with E-state index in [0.29, 0.717) is 30.3 Å². The van der Waals surface area contributed by atoms with Crippen molar-refractivity contribution in [3.63, 3.8) is 0 Å². The van der Waals surface area contributed by atoms with Crippen LogP contribution in [0, 0.1) is 0 Å². The van der Waals surface area contributed by atoms with Gasteiger partial charge in [0.15, 0.2) is 0 Å². The summed E-state index contributed by atoms with van der Waals surface area (Å²) in [4.78, 5) is 20.2. The molecular formula is C13H29NO8P+. The molecule has 0 heterocycles. The molecule has 0 radical (unpaired) electrons. The molecule has 0 aromatic heterocycles. The van der Waals surface area contributed by atoms with Gasteiger partial charge in [0.25, 0.3) is 0 Å². The third-order valence-electron chi connectivity index (χ3n) is 2.84. The van der Waals surface area contributed by atoms with Gasteiger partial charge < -0.3 is 24.7 Å². The standard InChI is InChI=1S/C13H28NO8P/c1-14(2,3)8-12(6-4-5-7-13(17)18)22-23(19,20)21-10-11(16)9-15/h11-12,15-16H,4-10H2,1-3H3,(H-,17,18,19,20)/p+1/t11-,12?/m1/s1. The molecule has 138 valence electrons. The van der Waals surface area contributed by atoms with Gasteiger partial charge in [0.1, 0.15) is 18.8 Å². The van der Waals surface area contributed by atoms with Crippen LogP contribution < -0.4 is 0 Å². The number of unbranched alkanes of at least 4 members (excludes halogenated alkanes) is 1. The Kier molecular flexibility index (Phi) is 10.1. The Morgan fingerprint density at radius 2 is 1.87 bits per heavy atom. The number of aliphatic carboxylic acids is 1. The molecule has 9 nitrogen and oxygen atoms in total. The maximum atomic E-state index is 11.9. The predicted molar refractivity (Wildman–Crippen MR) is 82.7 cm³/mol. The lowest BCUT2D eigenvalue weighted by atomic mass is 10.1. The summed E-state index contributed by atoms with van der Waals surface area (Å²) in [6.45, 7) is -0.665. The molecule has 3 atom stereocenters. The van der Waals surface area contributed by atoms with E-state index < -0.39 is 39.2 Å². The van der Waals surface area contributed by atoms with Crippen LogP contribution in [0.5, 0.6) is 0 Å². The van der Waals surface area contributed by atoms with Crippen LogP contribution in [0.3, 0.4) is 0 Å². The van der Waals surface area contributed by atoms with Crippen LogP contribution in [0.1, 0.15) is 25.7 Å². The monoisotopic (exact) mass is 358 g/mol. The molecule has 0 aromatic carbocycles. The minimum Gasteiger partial charge on any atom is -0.481 e. The zero-order valence-electron chi connectivity index (χ0n) is 13.9. The van der Waals surface area contributed by atoms with E-state index in [1.165, 1.54) is 0 Å². The van der Waals surface area contributed by atoms with Gasteiger partial charge in [-0.2, -0.15) is 0 Å². The highest BCUT2D eigenvalue weighted by molar-refractivity contribution is 7.47. The average molecular weight is 358 g/mol. The number of hydrogen-bond donors (Lipinski definition) is 4. The highest BCUT2D eigenvalue weighted by atomic mass is 31.2. The van der Waals surface area contributed by atoms with Crippen molar-refractivity contribution in [1.29, 1.82) is 0 Å². The summed E-state index contributed by atoms with van der Waals surface area (Å²) in [6, 6.07) is 0. The Labute approximate surface area is 136 Å². The second kappa shape index (κ2) is 10.4. The van der Waals surface area contributed by atoms with Gasteiger partial charge in [-0.05, 0) is 12.8 Å². The van der Waals surface area contributed by atoms with Gasteiger partial charge >= 0.3 is 13.8 Å². The molecule has 0 amide bonds. The molecule has 4 N–H and O–H groups in total. The van der Waals surface area contributed by atoms with Crippen molar-refractivity contribution < 1.29 is 43.1 Å². The number of nitrogens with zero attached hydrogens (tertiary/aromatic N) is 1. The van der Waals surface area contributed by atoms with Crippen LogP contribution in [0.4, 0.5) is 0 Å². The third kappa shape index (κ3) is 13.6. The van der Waals surface area contributed by atoms with E-state index in [1.54, 1.807) is 0 Å². The first-order valence-corrected chi connectivity index (χ1v) is 8.91. The predicted octanol–water partition coefficient (Wildman–Crippen LogP) is 0.193. The number of likely N-dealkylation sites (N-methyl/N-ethyl adjacent to an activating group) is 1. The molecule has 0 aliphatic carbocycles. The van der Waals surface area contributed by atoms with E-state index in [-0.39, 0.29) is 6.42 Å². The lowest BCUT2D eigenvalue weighted by Gasteiger charge is -2.30. The first-order valence-electron chi connectivity index (χ1n) is 7.42. The lowest BCUT2D eigenvalue weighted by Crippen LogP contribution is -2.42.